The average molecular weight is 455 g/mol. The third kappa shape index (κ3) is 5.27. The third-order valence-electron chi connectivity index (χ3n) is 6.62. The van der Waals surface area contributed by atoms with Gasteiger partial charge in [-0.1, -0.05) is 60.7 Å². The van der Waals surface area contributed by atoms with Crippen molar-refractivity contribution in [1.82, 2.24) is 9.21 Å². The Morgan fingerprint density at radius 3 is 1.88 bits per heavy atom. The van der Waals surface area contributed by atoms with Gasteiger partial charge in [-0.15, -0.1) is 0 Å². The molecule has 0 aromatic heterocycles. The van der Waals surface area contributed by atoms with Crippen molar-refractivity contribution in [2.45, 2.75) is 31.4 Å². The number of hydrogen-bond donors (Lipinski definition) is 0. The van der Waals surface area contributed by atoms with E-state index in [1.807, 2.05) is 65.6 Å². The summed E-state index contributed by atoms with van der Waals surface area (Å²) >= 11 is 0. The van der Waals surface area contributed by atoms with Gasteiger partial charge in [0.15, 0.2) is 5.78 Å². The number of amides is 1. The second-order valence-electron chi connectivity index (χ2n) is 8.74. The van der Waals surface area contributed by atoms with E-state index in [1.54, 1.807) is 0 Å². The molecule has 0 aliphatic carbocycles. The molecular formula is C25H30N2O4S. The molecule has 170 valence electrons. The number of carbonyl (C=O) groups is 2. The first-order valence-electron chi connectivity index (χ1n) is 11.3. The predicted molar refractivity (Wildman–Crippen MR) is 123 cm³/mol. The smallest absolute Gasteiger partial charge is 0.225 e. The molecule has 2 heterocycles. The number of carbonyl (C=O) groups excluding carboxylic acids is 2. The lowest BCUT2D eigenvalue weighted by Gasteiger charge is -2.36. The lowest BCUT2D eigenvalue weighted by molar-refractivity contribution is -0.138. The van der Waals surface area contributed by atoms with Gasteiger partial charge in [-0.3, -0.25) is 9.59 Å². The molecule has 0 bridgehead atoms. The van der Waals surface area contributed by atoms with Crippen molar-refractivity contribution in [3.63, 3.8) is 0 Å². The molecular weight excluding hydrogens is 424 g/mol. The van der Waals surface area contributed by atoms with Crippen molar-refractivity contribution in [3.8, 4) is 0 Å². The summed E-state index contributed by atoms with van der Waals surface area (Å²) in [6, 6.07) is 18.5. The normalized spacial score (nSPS) is 19.1. The summed E-state index contributed by atoms with van der Waals surface area (Å²) in [6.07, 6.45) is 2.47. The Morgan fingerprint density at radius 1 is 0.750 bits per heavy atom. The number of rotatable bonds is 6. The number of Topliss-reactive ketones (excluding diaryl/α,β-unsaturated/α-hetero) is 1. The van der Waals surface area contributed by atoms with Gasteiger partial charge in [0.2, 0.25) is 15.9 Å². The van der Waals surface area contributed by atoms with Crippen molar-refractivity contribution in [2.24, 2.45) is 11.8 Å². The third-order valence-corrected chi connectivity index (χ3v) is 8.47. The summed E-state index contributed by atoms with van der Waals surface area (Å²) in [5.41, 5.74) is 1.51. The fourth-order valence-electron chi connectivity index (χ4n) is 4.72. The molecule has 2 aromatic carbocycles. The van der Waals surface area contributed by atoms with Gasteiger partial charge >= 0.3 is 0 Å². The van der Waals surface area contributed by atoms with Gasteiger partial charge < -0.3 is 4.90 Å². The van der Waals surface area contributed by atoms with Crippen molar-refractivity contribution in [1.29, 1.82) is 0 Å². The summed E-state index contributed by atoms with van der Waals surface area (Å²) in [4.78, 5) is 27.6. The van der Waals surface area contributed by atoms with Crippen molar-refractivity contribution in [3.05, 3.63) is 71.8 Å². The highest BCUT2D eigenvalue weighted by atomic mass is 32.2. The zero-order chi connectivity index (χ0) is 22.6. The van der Waals surface area contributed by atoms with E-state index in [9.17, 15) is 18.0 Å². The first kappa shape index (κ1) is 22.7. The summed E-state index contributed by atoms with van der Waals surface area (Å²) in [7, 11) is -3.38. The van der Waals surface area contributed by atoms with Gasteiger partial charge in [0, 0.05) is 43.6 Å². The van der Waals surface area contributed by atoms with Crippen molar-refractivity contribution in [2.75, 3.05) is 26.2 Å². The van der Waals surface area contributed by atoms with Crippen LogP contribution in [-0.4, -0.2) is 55.5 Å². The van der Waals surface area contributed by atoms with Crippen LogP contribution >= 0.6 is 0 Å². The number of nitrogens with zero attached hydrogens (tertiary/aromatic N) is 2. The molecule has 0 unspecified atom stereocenters. The van der Waals surface area contributed by atoms with Crippen LogP contribution < -0.4 is 0 Å². The monoisotopic (exact) mass is 454 g/mol. The van der Waals surface area contributed by atoms with E-state index in [-0.39, 0.29) is 29.3 Å². The van der Waals surface area contributed by atoms with Crippen molar-refractivity contribution >= 4 is 21.7 Å². The van der Waals surface area contributed by atoms with Crippen LogP contribution in [0, 0.1) is 11.8 Å². The summed E-state index contributed by atoms with van der Waals surface area (Å²) < 4.78 is 27.0. The molecule has 2 fully saturated rings. The lowest BCUT2D eigenvalue weighted by atomic mass is 9.88. The van der Waals surface area contributed by atoms with Gasteiger partial charge in [-0.2, -0.15) is 0 Å². The van der Waals surface area contributed by atoms with Crippen LogP contribution in [-0.2, 0) is 20.6 Å². The molecule has 0 N–H and O–H groups in total. The molecule has 2 aliphatic rings. The SMILES string of the molecule is O=C(c1ccccc1)C1CCN(C(=O)C2CCN(S(=O)(=O)Cc3ccccc3)CC2)CC1. The molecule has 2 aromatic rings. The number of sulfonamides is 1. The van der Waals surface area contributed by atoms with Crippen LogP contribution in [0.2, 0.25) is 0 Å². The molecule has 7 heteroatoms. The molecule has 2 aliphatic heterocycles. The van der Waals surface area contributed by atoms with Crippen LogP contribution in [0.4, 0.5) is 0 Å². The molecule has 4 rings (SSSR count). The Balaban J connectivity index is 1.26. The predicted octanol–water partition coefficient (Wildman–Crippen LogP) is 3.35. The highest BCUT2D eigenvalue weighted by molar-refractivity contribution is 7.88. The van der Waals surface area contributed by atoms with Crippen LogP contribution in [0.3, 0.4) is 0 Å². The minimum atomic E-state index is -3.38. The highest BCUT2D eigenvalue weighted by Gasteiger charge is 2.35. The maximum atomic E-state index is 13.0. The summed E-state index contributed by atoms with van der Waals surface area (Å²) in [5, 5.41) is 0. The number of piperidine rings is 2. The molecule has 0 atom stereocenters. The number of benzene rings is 2. The number of likely N-dealkylation sites (tertiary alicyclic amines) is 1. The van der Waals surface area contributed by atoms with E-state index in [1.165, 1.54) is 4.31 Å². The second-order valence-corrected chi connectivity index (χ2v) is 10.7. The molecule has 1 amide bonds. The maximum Gasteiger partial charge on any atom is 0.225 e. The standard InChI is InChI=1S/C25H30N2O4S/c28-24(21-9-5-2-6-10-21)22-11-15-26(16-12-22)25(29)23-13-17-27(18-14-23)32(30,31)19-20-7-3-1-4-8-20/h1-10,22-23H,11-19H2. The molecule has 6 nitrogen and oxygen atoms in total. The minimum absolute atomic E-state index is 0.00455. The van der Waals surface area contributed by atoms with Gasteiger partial charge in [-0.05, 0) is 31.2 Å². The van der Waals surface area contributed by atoms with Crippen LogP contribution in [0.15, 0.2) is 60.7 Å². The molecule has 2 saturated heterocycles. The van der Waals surface area contributed by atoms with Gasteiger partial charge in [0.05, 0.1) is 5.75 Å². The number of ketones is 1. The summed E-state index contributed by atoms with van der Waals surface area (Å²) in [5.74, 6) is 0.0893. The van der Waals surface area contributed by atoms with Gasteiger partial charge in [0.25, 0.3) is 0 Å². The van der Waals surface area contributed by atoms with E-state index in [0.717, 1.165) is 11.1 Å². The Kier molecular flexibility index (Phi) is 7.06. The lowest BCUT2D eigenvalue weighted by Crippen LogP contribution is -2.47. The first-order chi connectivity index (χ1) is 15.4. The average Bonchev–Trinajstić information content (AvgIpc) is 2.84. The molecule has 0 spiro atoms. The van der Waals surface area contributed by atoms with E-state index in [2.05, 4.69) is 0 Å². The van der Waals surface area contributed by atoms with Gasteiger partial charge in [0.1, 0.15) is 0 Å². The fourth-order valence-corrected chi connectivity index (χ4v) is 6.28. The zero-order valence-electron chi connectivity index (χ0n) is 18.2. The van der Waals surface area contributed by atoms with Crippen LogP contribution in [0.25, 0.3) is 0 Å². The quantitative estimate of drug-likeness (QED) is 0.628. The Hall–Kier alpha value is -2.51. The Morgan fingerprint density at radius 2 is 1.28 bits per heavy atom. The summed E-state index contributed by atoms with van der Waals surface area (Å²) in [6.45, 7) is 1.95. The minimum Gasteiger partial charge on any atom is -0.342 e. The molecule has 0 saturated carbocycles. The van der Waals surface area contributed by atoms with E-state index in [0.29, 0.717) is 51.9 Å². The Labute approximate surface area is 190 Å². The van der Waals surface area contributed by atoms with E-state index >= 15 is 0 Å². The first-order valence-corrected chi connectivity index (χ1v) is 12.9. The fraction of sp³-hybridized carbons (Fsp3) is 0.440. The van der Waals surface area contributed by atoms with E-state index in [4.69, 9.17) is 0 Å². The zero-order valence-corrected chi connectivity index (χ0v) is 19.0. The van der Waals surface area contributed by atoms with Crippen LogP contribution in [0.1, 0.15) is 41.6 Å². The molecule has 32 heavy (non-hydrogen) atoms. The maximum absolute atomic E-state index is 13.0. The Bertz CT molecular complexity index is 1020. The second kappa shape index (κ2) is 9.96. The van der Waals surface area contributed by atoms with E-state index < -0.39 is 10.0 Å². The largest absolute Gasteiger partial charge is 0.342 e. The van der Waals surface area contributed by atoms with Crippen LogP contribution in [0.5, 0.6) is 0 Å². The van der Waals surface area contributed by atoms with Gasteiger partial charge in [-0.25, -0.2) is 12.7 Å². The van der Waals surface area contributed by atoms with Crippen molar-refractivity contribution < 1.29 is 18.0 Å². The molecule has 0 radical (unpaired) electrons. The topological polar surface area (TPSA) is 74.8 Å². The number of hydrogen-bond acceptors (Lipinski definition) is 4. The highest BCUT2D eigenvalue weighted by Crippen LogP contribution is 2.27.